The highest BCUT2D eigenvalue weighted by atomic mass is 16.2. The van der Waals surface area contributed by atoms with Crippen LogP contribution in [-0.2, 0) is 0 Å². The van der Waals surface area contributed by atoms with Crippen LogP contribution in [0.25, 0.3) is 0 Å². The summed E-state index contributed by atoms with van der Waals surface area (Å²) in [4.78, 5) is 1.86. The fourth-order valence-corrected chi connectivity index (χ4v) is 1.83. The fourth-order valence-electron chi connectivity index (χ4n) is 1.83. The van der Waals surface area contributed by atoms with Crippen LogP contribution >= 0.6 is 0 Å². The number of hydrogen-bond acceptors (Lipinski definition) is 3. The van der Waals surface area contributed by atoms with Crippen molar-refractivity contribution in [1.29, 1.82) is 0 Å². The molecule has 0 unspecified atom stereocenters. The van der Waals surface area contributed by atoms with Crippen molar-refractivity contribution in [3.05, 3.63) is 24.9 Å². The number of nitrogens with zero attached hydrogens (tertiary/aromatic N) is 1. The van der Waals surface area contributed by atoms with Crippen LogP contribution in [0.1, 0.15) is 32.1 Å². The van der Waals surface area contributed by atoms with E-state index in [1.165, 1.54) is 19.3 Å². The van der Waals surface area contributed by atoms with Crippen LogP contribution in [-0.4, -0.2) is 21.2 Å². The molecule has 3 heteroatoms. The molecule has 0 spiro atoms. The van der Waals surface area contributed by atoms with Crippen molar-refractivity contribution in [2.24, 2.45) is 0 Å². The Kier molecular flexibility index (Phi) is 4.23. The Labute approximate surface area is 79.0 Å². The van der Waals surface area contributed by atoms with E-state index < -0.39 is 0 Å². The maximum atomic E-state index is 8.66. The van der Waals surface area contributed by atoms with E-state index in [1.807, 2.05) is 4.90 Å². The third-order valence-corrected chi connectivity index (χ3v) is 2.47. The topological polar surface area (TPSA) is 43.7 Å². The van der Waals surface area contributed by atoms with Gasteiger partial charge >= 0.3 is 0 Å². The molecule has 1 aliphatic carbocycles. The normalized spacial score (nSPS) is 20.0. The largest absolute Gasteiger partial charge is 0.514 e. The SMILES string of the molecule is OC=CN(C=CO)C1CCCCC1. The summed E-state index contributed by atoms with van der Waals surface area (Å²) in [6, 6.07) is 0.431. The lowest BCUT2D eigenvalue weighted by Gasteiger charge is -2.30. The molecular weight excluding hydrogens is 166 g/mol. The van der Waals surface area contributed by atoms with Gasteiger partial charge in [-0.1, -0.05) is 19.3 Å². The summed E-state index contributed by atoms with van der Waals surface area (Å²) in [5.74, 6) is 0. The van der Waals surface area contributed by atoms with E-state index in [4.69, 9.17) is 10.2 Å². The quantitative estimate of drug-likeness (QED) is 0.661. The molecule has 0 aliphatic heterocycles. The third kappa shape index (κ3) is 3.01. The van der Waals surface area contributed by atoms with Crippen LogP contribution in [0.15, 0.2) is 24.9 Å². The Morgan fingerprint density at radius 3 is 1.92 bits per heavy atom. The highest BCUT2D eigenvalue weighted by Crippen LogP contribution is 2.22. The number of rotatable bonds is 3. The van der Waals surface area contributed by atoms with Crippen molar-refractivity contribution in [3.8, 4) is 0 Å². The zero-order valence-corrected chi connectivity index (χ0v) is 7.76. The molecule has 0 heterocycles. The van der Waals surface area contributed by atoms with Crippen molar-refractivity contribution >= 4 is 0 Å². The van der Waals surface area contributed by atoms with Crippen molar-refractivity contribution in [2.75, 3.05) is 0 Å². The van der Waals surface area contributed by atoms with Gasteiger partial charge in [-0.25, -0.2) is 0 Å². The van der Waals surface area contributed by atoms with Crippen LogP contribution in [0.4, 0.5) is 0 Å². The second-order valence-electron chi connectivity index (χ2n) is 3.34. The Hall–Kier alpha value is -1.12. The minimum absolute atomic E-state index is 0.431. The maximum absolute atomic E-state index is 8.66. The van der Waals surface area contributed by atoms with Gasteiger partial charge in [0.15, 0.2) is 0 Å². The highest BCUT2D eigenvalue weighted by Gasteiger charge is 2.16. The lowest BCUT2D eigenvalue weighted by molar-refractivity contribution is 0.266. The summed E-state index contributed by atoms with van der Waals surface area (Å²) in [6.45, 7) is 0. The van der Waals surface area contributed by atoms with E-state index >= 15 is 0 Å². The molecule has 13 heavy (non-hydrogen) atoms. The second-order valence-corrected chi connectivity index (χ2v) is 3.34. The molecular formula is C10H17NO2. The Morgan fingerprint density at radius 2 is 1.46 bits per heavy atom. The van der Waals surface area contributed by atoms with Gasteiger partial charge in [0, 0.05) is 18.4 Å². The number of hydrogen-bond donors (Lipinski definition) is 2. The van der Waals surface area contributed by atoms with Crippen molar-refractivity contribution < 1.29 is 10.2 Å². The van der Waals surface area contributed by atoms with Gasteiger partial charge in [-0.2, -0.15) is 0 Å². The highest BCUT2D eigenvalue weighted by molar-refractivity contribution is 4.91. The van der Waals surface area contributed by atoms with Gasteiger partial charge in [-0.3, -0.25) is 0 Å². The van der Waals surface area contributed by atoms with Gasteiger partial charge in [0.25, 0.3) is 0 Å². The Balaban J connectivity index is 2.51. The Morgan fingerprint density at radius 1 is 0.923 bits per heavy atom. The predicted molar refractivity (Wildman–Crippen MR) is 52.2 cm³/mol. The predicted octanol–water partition coefficient (Wildman–Crippen LogP) is 2.68. The molecule has 0 saturated heterocycles. The summed E-state index contributed by atoms with van der Waals surface area (Å²) < 4.78 is 0. The summed E-state index contributed by atoms with van der Waals surface area (Å²) in [7, 11) is 0. The zero-order valence-electron chi connectivity index (χ0n) is 7.76. The third-order valence-electron chi connectivity index (χ3n) is 2.47. The van der Waals surface area contributed by atoms with Crippen molar-refractivity contribution in [2.45, 2.75) is 38.1 Å². The average Bonchev–Trinajstić information content (AvgIpc) is 2.19. The van der Waals surface area contributed by atoms with Gasteiger partial charge in [0.05, 0.1) is 12.5 Å². The minimum Gasteiger partial charge on any atom is -0.514 e. The molecule has 0 aromatic carbocycles. The summed E-state index contributed by atoms with van der Waals surface area (Å²) in [5, 5.41) is 17.3. The fraction of sp³-hybridized carbons (Fsp3) is 0.600. The molecule has 3 nitrogen and oxygen atoms in total. The van der Waals surface area contributed by atoms with Gasteiger partial charge in [0.2, 0.25) is 0 Å². The molecule has 1 fully saturated rings. The van der Waals surface area contributed by atoms with Gasteiger partial charge in [-0.05, 0) is 12.8 Å². The Bertz CT molecular complexity index is 171. The molecule has 74 valence electrons. The molecule has 0 atom stereocenters. The molecule has 0 bridgehead atoms. The van der Waals surface area contributed by atoms with Crippen LogP contribution in [0.5, 0.6) is 0 Å². The lowest BCUT2D eigenvalue weighted by Crippen LogP contribution is -2.28. The first-order valence-corrected chi connectivity index (χ1v) is 4.77. The average molecular weight is 183 g/mol. The second kappa shape index (κ2) is 5.51. The van der Waals surface area contributed by atoms with Gasteiger partial charge < -0.3 is 15.1 Å². The maximum Gasteiger partial charge on any atom is 0.0953 e. The first-order chi connectivity index (χ1) is 6.38. The zero-order chi connectivity index (χ0) is 9.52. The lowest BCUT2D eigenvalue weighted by atomic mass is 9.95. The smallest absolute Gasteiger partial charge is 0.0953 e. The van der Waals surface area contributed by atoms with E-state index in [1.54, 1.807) is 12.4 Å². The summed E-state index contributed by atoms with van der Waals surface area (Å²) >= 11 is 0. The summed E-state index contributed by atoms with van der Waals surface area (Å²) in [6.07, 6.45) is 11.2. The standard InChI is InChI=1S/C10H17NO2/c12-8-6-11(7-9-13)10-4-2-1-3-5-10/h6-10,12-13H,1-5H2. The van der Waals surface area contributed by atoms with Crippen molar-refractivity contribution in [3.63, 3.8) is 0 Å². The molecule has 1 aliphatic rings. The number of aliphatic hydroxyl groups excluding tert-OH is 2. The van der Waals surface area contributed by atoms with Crippen LogP contribution in [0.2, 0.25) is 0 Å². The van der Waals surface area contributed by atoms with Crippen LogP contribution in [0.3, 0.4) is 0 Å². The van der Waals surface area contributed by atoms with Crippen LogP contribution < -0.4 is 0 Å². The molecule has 0 aromatic rings. The first-order valence-electron chi connectivity index (χ1n) is 4.77. The van der Waals surface area contributed by atoms with E-state index in [9.17, 15) is 0 Å². The molecule has 2 N–H and O–H groups in total. The van der Waals surface area contributed by atoms with E-state index in [-0.39, 0.29) is 0 Å². The van der Waals surface area contributed by atoms with E-state index in [0.29, 0.717) is 6.04 Å². The minimum atomic E-state index is 0.431. The van der Waals surface area contributed by atoms with Gasteiger partial charge in [-0.15, -0.1) is 0 Å². The molecule has 1 rings (SSSR count). The molecule has 1 saturated carbocycles. The molecule has 0 radical (unpaired) electrons. The monoisotopic (exact) mass is 183 g/mol. The van der Waals surface area contributed by atoms with E-state index in [0.717, 1.165) is 25.4 Å². The molecule has 0 amide bonds. The summed E-state index contributed by atoms with van der Waals surface area (Å²) in [5.41, 5.74) is 0. The molecule has 0 aromatic heterocycles. The number of aliphatic hydroxyl groups is 2. The van der Waals surface area contributed by atoms with Crippen LogP contribution in [0, 0.1) is 0 Å². The van der Waals surface area contributed by atoms with Crippen molar-refractivity contribution in [1.82, 2.24) is 4.90 Å². The first kappa shape index (κ1) is 9.96. The van der Waals surface area contributed by atoms with Gasteiger partial charge in [0.1, 0.15) is 0 Å². The van der Waals surface area contributed by atoms with E-state index in [2.05, 4.69) is 0 Å².